The lowest BCUT2D eigenvalue weighted by atomic mass is 10.3. The molecule has 1 aromatic carbocycles. The molecule has 0 bridgehead atoms. The molecule has 0 saturated carbocycles. The van der Waals surface area contributed by atoms with Gasteiger partial charge in [0.05, 0.1) is 22.5 Å². The summed E-state index contributed by atoms with van der Waals surface area (Å²) < 4.78 is 2.89. The molecule has 0 aliphatic heterocycles. The summed E-state index contributed by atoms with van der Waals surface area (Å²) in [5.74, 6) is 0.130. The highest BCUT2D eigenvalue weighted by atomic mass is 16.6. The van der Waals surface area contributed by atoms with Crippen LogP contribution in [0.1, 0.15) is 10.5 Å². The Bertz CT molecular complexity index is 1140. The topological polar surface area (TPSA) is 134 Å². The Labute approximate surface area is 157 Å². The fraction of sp³-hybridized carbons (Fsp3) is 0. The summed E-state index contributed by atoms with van der Waals surface area (Å²) in [6, 6.07) is 10.9. The second kappa shape index (κ2) is 7.07. The molecule has 138 valence electrons. The number of nitro groups is 1. The van der Waals surface area contributed by atoms with Crippen molar-refractivity contribution in [2.45, 2.75) is 0 Å². The van der Waals surface area contributed by atoms with E-state index in [4.69, 9.17) is 0 Å². The van der Waals surface area contributed by atoms with Gasteiger partial charge >= 0.3 is 0 Å². The van der Waals surface area contributed by atoms with Crippen molar-refractivity contribution in [3.05, 3.63) is 83.3 Å². The fourth-order valence-corrected chi connectivity index (χ4v) is 2.46. The van der Waals surface area contributed by atoms with Crippen LogP contribution in [0.25, 0.3) is 11.5 Å². The van der Waals surface area contributed by atoms with Gasteiger partial charge in [0.25, 0.3) is 11.6 Å². The van der Waals surface area contributed by atoms with Crippen LogP contribution < -0.4 is 5.32 Å². The van der Waals surface area contributed by atoms with E-state index in [-0.39, 0.29) is 11.4 Å². The minimum Gasteiger partial charge on any atom is -0.319 e. The lowest BCUT2D eigenvalue weighted by Crippen LogP contribution is -2.13. The number of aromatic nitrogens is 6. The molecule has 28 heavy (non-hydrogen) atoms. The molecule has 4 aromatic rings. The number of nitro benzene ring substituents is 1. The summed E-state index contributed by atoms with van der Waals surface area (Å²) in [5, 5.41) is 21.7. The first-order valence-corrected chi connectivity index (χ1v) is 8.03. The third kappa shape index (κ3) is 3.44. The Balaban J connectivity index is 1.49. The average molecular weight is 376 g/mol. The number of benzene rings is 1. The molecule has 3 aromatic heterocycles. The number of non-ortho nitro benzene ring substituents is 1. The van der Waals surface area contributed by atoms with Crippen LogP contribution >= 0.6 is 0 Å². The Morgan fingerprint density at radius 2 is 2.04 bits per heavy atom. The lowest BCUT2D eigenvalue weighted by molar-refractivity contribution is -0.384. The molecule has 0 fully saturated rings. The Kier molecular flexibility index (Phi) is 4.30. The molecule has 0 aliphatic carbocycles. The normalized spacial score (nSPS) is 10.6. The molecule has 11 heteroatoms. The van der Waals surface area contributed by atoms with Crippen LogP contribution in [0.5, 0.6) is 0 Å². The quantitative estimate of drug-likeness (QED) is 0.416. The summed E-state index contributed by atoms with van der Waals surface area (Å²) in [7, 11) is 0. The smallest absolute Gasteiger partial charge is 0.276 e. The third-order valence-corrected chi connectivity index (χ3v) is 3.79. The number of rotatable bonds is 5. The maximum Gasteiger partial charge on any atom is 0.276 e. The van der Waals surface area contributed by atoms with Crippen molar-refractivity contribution in [2.75, 3.05) is 5.32 Å². The van der Waals surface area contributed by atoms with Gasteiger partial charge in [-0.25, -0.2) is 19.3 Å². The largest absolute Gasteiger partial charge is 0.319 e. The van der Waals surface area contributed by atoms with Gasteiger partial charge in [-0.15, -0.1) is 0 Å². The number of hydrogen-bond donors (Lipinski definition) is 1. The number of carbonyl (C=O) groups is 1. The molecule has 0 atom stereocenters. The number of amides is 1. The molecule has 0 radical (unpaired) electrons. The zero-order chi connectivity index (χ0) is 19.5. The second-order valence-corrected chi connectivity index (χ2v) is 5.62. The molecule has 0 saturated heterocycles. The van der Waals surface area contributed by atoms with E-state index in [0.29, 0.717) is 17.2 Å². The van der Waals surface area contributed by atoms with Crippen LogP contribution in [0.3, 0.4) is 0 Å². The summed E-state index contributed by atoms with van der Waals surface area (Å²) in [4.78, 5) is 30.9. The predicted molar refractivity (Wildman–Crippen MR) is 97.3 cm³/mol. The number of carbonyl (C=O) groups excluding carboxylic acids is 1. The van der Waals surface area contributed by atoms with Gasteiger partial charge in [0, 0.05) is 18.3 Å². The molecular formula is C17H12N8O3. The zero-order valence-electron chi connectivity index (χ0n) is 14.2. The van der Waals surface area contributed by atoms with Crippen molar-refractivity contribution < 1.29 is 9.72 Å². The first-order chi connectivity index (χ1) is 13.6. The Hall–Kier alpha value is -4.41. The van der Waals surface area contributed by atoms with Gasteiger partial charge in [-0.1, -0.05) is 6.07 Å². The highest BCUT2D eigenvalue weighted by Gasteiger charge is 2.13. The van der Waals surface area contributed by atoms with E-state index in [1.807, 2.05) is 0 Å². The van der Waals surface area contributed by atoms with Crippen LogP contribution in [-0.4, -0.2) is 40.4 Å². The van der Waals surface area contributed by atoms with Gasteiger partial charge in [-0.05, 0) is 24.3 Å². The number of hydrogen-bond acceptors (Lipinski definition) is 7. The SMILES string of the molecule is O=C(Nc1ccc(-n2cncn2)nc1)c1ccn(-c2cccc([N+](=O)[O-])c2)n1. The van der Waals surface area contributed by atoms with Gasteiger partial charge in [0.1, 0.15) is 12.7 Å². The highest BCUT2D eigenvalue weighted by molar-refractivity contribution is 6.02. The van der Waals surface area contributed by atoms with Gasteiger partial charge in [0.2, 0.25) is 0 Å². The average Bonchev–Trinajstić information content (AvgIpc) is 3.41. The monoisotopic (exact) mass is 376 g/mol. The molecule has 1 amide bonds. The van der Waals surface area contributed by atoms with E-state index in [9.17, 15) is 14.9 Å². The summed E-state index contributed by atoms with van der Waals surface area (Å²) in [5.41, 5.74) is 1.07. The van der Waals surface area contributed by atoms with Crippen LogP contribution in [0.4, 0.5) is 11.4 Å². The second-order valence-electron chi connectivity index (χ2n) is 5.62. The van der Waals surface area contributed by atoms with E-state index < -0.39 is 10.8 Å². The van der Waals surface area contributed by atoms with Crippen molar-refractivity contribution in [3.63, 3.8) is 0 Å². The Morgan fingerprint density at radius 1 is 1.14 bits per heavy atom. The van der Waals surface area contributed by atoms with Gasteiger partial charge < -0.3 is 5.32 Å². The molecule has 0 unspecified atom stereocenters. The zero-order valence-corrected chi connectivity index (χ0v) is 14.2. The van der Waals surface area contributed by atoms with Crippen molar-refractivity contribution >= 4 is 17.3 Å². The molecule has 0 spiro atoms. The summed E-state index contributed by atoms with van der Waals surface area (Å²) >= 11 is 0. The first-order valence-electron chi connectivity index (χ1n) is 8.03. The summed E-state index contributed by atoms with van der Waals surface area (Å²) in [6.45, 7) is 0. The third-order valence-electron chi connectivity index (χ3n) is 3.79. The summed E-state index contributed by atoms with van der Waals surface area (Å²) in [6.07, 6.45) is 5.96. The minimum atomic E-state index is -0.489. The first kappa shape index (κ1) is 17.0. The molecule has 11 nitrogen and oxygen atoms in total. The maximum atomic E-state index is 12.4. The van der Waals surface area contributed by atoms with E-state index in [2.05, 4.69) is 25.5 Å². The maximum absolute atomic E-state index is 12.4. The number of nitrogens with zero attached hydrogens (tertiary/aromatic N) is 7. The van der Waals surface area contributed by atoms with E-state index in [1.54, 1.807) is 30.5 Å². The predicted octanol–water partition coefficient (Wildman–Crippen LogP) is 2.01. The van der Waals surface area contributed by atoms with Gasteiger partial charge in [-0.3, -0.25) is 14.9 Å². The van der Waals surface area contributed by atoms with Crippen LogP contribution in [0, 0.1) is 10.1 Å². The fourth-order valence-electron chi connectivity index (χ4n) is 2.46. The Morgan fingerprint density at radius 3 is 2.75 bits per heavy atom. The van der Waals surface area contributed by atoms with E-state index in [1.165, 1.54) is 46.4 Å². The lowest BCUT2D eigenvalue weighted by Gasteiger charge is -2.04. The molecule has 3 heterocycles. The van der Waals surface area contributed by atoms with Crippen molar-refractivity contribution in [2.24, 2.45) is 0 Å². The van der Waals surface area contributed by atoms with Gasteiger partial charge in [-0.2, -0.15) is 10.2 Å². The van der Waals surface area contributed by atoms with E-state index >= 15 is 0 Å². The number of nitrogens with one attached hydrogen (secondary N) is 1. The molecule has 0 aliphatic rings. The highest BCUT2D eigenvalue weighted by Crippen LogP contribution is 2.17. The van der Waals surface area contributed by atoms with Crippen LogP contribution in [-0.2, 0) is 0 Å². The molecule has 1 N–H and O–H groups in total. The molecule has 4 rings (SSSR count). The minimum absolute atomic E-state index is 0.0578. The standard InChI is InChI=1S/C17H12N8O3/c26-17(21-12-4-5-16(19-9-12)24-11-18-10-20-24)15-6-7-23(22-15)13-2-1-3-14(8-13)25(27)28/h1-11H,(H,21,26). The van der Waals surface area contributed by atoms with Crippen molar-refractivity contribution in [1.29, 1.82) is 0 Å². The van der Waals surface area contributed by atoms with E-state index in [0.717, 1.165) is 0 Å². The van der Waals surface area contributed by atoms with Crippen molar-refractivity contribution in [3.8, 4) is 11.5 Å². The van der Waals surface area contributed by atoms with Crippen LogP contribution in [0.2, 0.25) is 0 Å². The van der Waals surface area contributed by atoms with Crippen LogP contribution in [0.15, 0.2) is 67.5 Å². The molecular weight excluding hydrogens is 364 g/mol. The number of anilines is 1. The van der Waals surface area contributed by atoms with Crippen molar-refractivity contribution in [1.82, 2.24) is 29.5 Å². The van der Waals surface area contributed by atoms with Gasteiger partial charge in [0.15, 0.2) is 11.5 Å². The number of pyridine rings is 1.